The summed E-state index contributed by atoms with van der Waals surface area (Å²) in [5, 5.41) is 2.88. The summed E-state index contributed by atoms with van der Waals surface area (Å²) in [7, 11) is 0. The van der Waals surface area contributed by atoms with E-state index >= 15 is 0 Å². The van der Waals surface area contributed by atoms with Crippen LogP contribution in [-0.2, 0) is 11.2 Å². The van der Waals surface area contributed by atoms with E-state index in [0.717, 1.165) is 6.42 Å². The third-order valence-electron chi connectivity index (χ3n) is 3.08. The molecule has 0 saturated heterocycles. The molecule has 0 saturated carbocycles. The highest BCUT2D eigenvalue weighted by molar-refractivity contribution is 6.18. The number of nitrogens with one attached hydrogen (secondary N) is 1. The predicted molar refractivity (Wildman–Crippen MR) is 77.3 cm³/mol. The average Bonchev–Trinajstić information content (AvgIpc) is 2.31. The Kier molecular flexibility index (Phi) is 6.20. The Hall–Kier alpha value is -1.02. The molecule has 0 aromatic heterocycles. The van der Waals surface area contributed by atoms with Crippen molar-refractivity contribution in [3.8, 4) is 0 Å². The van der Waals surface area contributed by atoms with Crippen LogP contribution >= 0.6 is 11.6 Å². The van der Waals surface area contributed by atoms with Crippen LogP contribution in [0.3, 0.4) is 0 Å². The average molecular weight is 268 g/mol. The Balaban J connectivity index is 2.56. The quantitative estimate of drug-likeness (QED) is 0.787. The van der Waals surface area contributed by atoms with Crippen molar-refractivity contribution in [2.75, 3.05) is 12.4 Å². The lowest BCUT2D eigenvalue weighted by Crippen LogP contribution is -2.25. The lowest BCUT2D eigenvalue weighted by Gasteiger charge is -2.11. The van der Waals surface area contributed by atoms with E-state index in [1.54, 1.807) is 0 Å². The van der Waals surface area contributed by atoms with Gasteiger partial charge in [0.2, 0.25) is 5.91 Å². The maximum atomic E-state index is 11.3. The van der Waals surface area contributed by atoms with Gasteiger partial charge in [0.15, 0.2) is 0 Å². The van der Waals surface area contributed by atoms with E-state index in [1.807, 2.05) is 0 Å². The van der Waals surface area contributed by atoms with Crippen LogP contribution in [0.25, 0.3) is 0 Å². The summed E-state index contributed by atoms with van der Waals surface area (Å²) in [6, 6.07) is 6.58. The molecule has 0 heterocycles. The number of benzene rings is 1. The summed E-state index contributed by atoms with van der Waals surface area (Å²) in [4.78, 5) is 11.3. The second kappa shape index (κ2) is 7.42. The first kappa shape index (κ1) is 15.0. The smallest absolute Gasteiger partial charge is 0.221 e. The zero-order valence-electron chi connectivity index (χ0n) is 11.4. The first-order chi connectivity index (χ1) is 8.54. The van der Waals surface area contributed by atoms with E-state index in [4.69, 9.17) is 11.6 Å². The normalized spacial score (nSPS) is 10.7. The Labute approximate surface area is 115 Å². The molecule has 2 nitrogen and oxygen atoms in total. The fourth-order valence-electron chi connectivity index (χ4n) is 1.83. The number of amides is 1. The summed E-state index contributed by atoms with van der Waals surface area (Å²) in [5.41, 5.74) is 3.95. The molecule has 3 heteroatoms. The molecule has 1 aromatic rings. The Morgan fingerprint density at radius 2 is 2.11 bits per heavy atom. The van der Waals surface area contributed by atoms with E-state index in [9.17, 15) is 4.79 Å². The van der Waals surface area contributed by atoms with Crippen LogP contribution in [0.4, 0.5) is 0 Å². The molecule has 0 aliphatic heterocycles. The molecule has 1 aromatic carbocycles. The van der Waals surface area contributed by atoms with Crippen molar-refractivity contribution in [3.05, 3.63) is 34.9 Å². The second-order valence-electron chi connectivity index (χ2n) is 4.88. The van der Waals surface area contributed by atoms with Crippen LogP contribution in [0.2, 0.25) is 0 Å². The molecule has 0 bridgehead atoms. The highest BCUT2D eigenvalue weighted by Gasteiger charge is 2.05. The van der Waals surface area contributed by atoms with Crippen molar-refractivity contribution in [2.45, 2.75) is 39.5 Å². The summed E-state index contributed by atoms with van der Waals surface area (Å²) < 4.78 is 0. The number of carbonyl (C=O) groups excluding carboxylic acids is 1. The van der Waals surface area contributed by atoms with E-state index in [1.165, 1.54) is 16.7 Å². The number of hydrogen-bond donors (Lipinski definition) is 1. The first-order valence-corrected chi connectivity index (χ1v) is 7.00. The van der Waals surface area contributed by atoms with E-state index in [0.29, 0.717) is 24.8 Å². The third-order valence-corrected chi connectivity index (χ3v) is 3.27. The Morgan fingerprint density at radius 1 is 1.39 bits per heavy atom. The number of hydrogen-bond acceptors (Lipinski definition) is 1. The minimum Gasteiger partial charge on any atom is -0.356 e. The van der Waals surface area contributed by atoms with E-state index in [2.05, 4.69) is 44.3 Å². The molecular weight excluding hydrogens is 246 g/mol. The summed E-state index contributed by atoms with van der Waals surface area (Å²) in [6.07, 6.45) is 1.27. The van der Waals surface area contributed by atoms with Crippen LogP contribution in [0, 0.1) is 6.92 Å². The molecule has 0 atom stereocenters. The molecule has 18 heavy (non-hydrogen) atoms. The molecular formula is C15H22ClNO. The van der Waals surface area contributed by atoms with Crippen molar-refractivity contribution in [2.24, 2.45) is 0 Å². The van der Waals surface area contributed by atoms with Gasteiger partial charge < -0.3 is 5.32 Å². The zero-order valence-corrected chi connectivity index (χ0v) is 12.2. The molecule has 0 unspecified atom stereocenters. The van der Waals surface area contributed by atoms with Crippen LogP contribution < -0.4 is 5.32 Å². The number of carbonyl (C=O) groups is 1. The Bertz CT molecular complexity index is 401. The lowest BCUT2D eigenvalue weighted by molar-refractivity contribution is -0.120. The van der Waals surface area contributed by atoms with E-state index in [-0.39, 0.29) is 5.91 Å². The minimum absolute atomic E-state index is 0.0302. The molecule has 100 valence electrons. The van der Waals surface area contributed by atoms with Crippen LogP contribution in [0.1, 0.15) is 42.9 Å². The fraction of sp³-hybridized carbons (Fsp3) is 0.533. The van der Waals surface area contributed by atoms with Gasteiger partial charge >= 0.3 is 0 Å². The van der Waals surface area contributed by atoms with E-state index < -0.39 is 0 Å². The van der Waals surface area contributed by atoms with Gasteiger partial charge in [-0.15, -0.1) is 11.6 Å². The predicted octanol–water partition coefficient (Wildman–Crippen LogP) is 3.41. The van der Waals surface area contributed by atoms with Gasteiger partial charge in [0.25, 0.3) is 0 Å². The molecule has 0 fully saturated rings. The highest BCUT2D eigenvalue weighted by Crippen LogP contribution is 2.18. The van der Waals surface area contributed by atoms with Gasteiger partial charge in [-0.05, 0) is 36.0 Å². The number of aryl methyl sites for hydroxylation is 1. The van der Waals surface area contributed by atoms with Gasteiger partial charge in [0.05, 0.1) is 0 Å². The monoisotopic (exact) mass is 267 g/mol. The first-order valence-electron chi connectivity index (χ1n) is 6.46. The maximum absolute atomic E-state index is 11.3. The summed E-state index contributed by atoms with van der Waals surface area (Å²) in [5.74, 6) is 0.950. The van der Waals surface area contributed by atoms with Crippen molar-refractivity contribution < 1.29 is 4.79 Å². The number of rotatable bonds is 6. The molecule has 0 aliphatic carbocycles. The molecule has 0 radical (unpaired) electrons. The molecule has 1 amide bonds. The zero-order chi connectivity index (χ0) is 13.5. The van der Waals surface area contributed by atoms with Gasteiger partial charge in [-0.1, -0.05) is 32.0 Å². The molecule has 0 aliphatic rings. The number of halogens is 1. The van der Waals surface area contributed by atoms with Crippen molar-refractivity contribution >= 4 is 17.5 Å². The SMILES string of the molecule is Cc1ccc(C(C)C)cc1CCNC(=O)CCCl. The summed E-state index contributed by atoms with van der Waals surface area (Å²) >= 11 is 5.51. The highest BCUT2D eigenvalue weighted by atomic mass is 35.5. The van der Waals surface area contributed by atoms with Gasteiger partial charge in [-0.2, -0.15) is 0 Å². The summed E-state index contributed by atoms with van der Waals surface area (Å²) in [6.45, 7) is 7.17. The third kappa shape index (κ3) is 4.69. The van der Waals surface area contributed by atoms with Crippen molar-refractivity contribution in [1.29, 1.82) is 0 Å². The van der Waals surface area contributed by atoms with Gasteiger partial charge in [0, 0.05) is 18.8 Å². The maximum Gasteiger partial charge on any atom is 0.221 e. The van der Waals surface area contributed by atoms with Crippen molar-refractivity contribution in [3.63, 3.8) is 0 Å². The fourth-order valence-corrected chi connectivity index (χ4v) is 2.00. The standard InChI is InChI=1S/C15H22ClNO/c1-11(2)13-5-4-12(3)14(10-13)7-9-17-15(18)6-8-16/h4-5,10-11H,6-9H2,1-3H3,(H,17,18). The minimum atomic E-state index is 0.0302. The lowest BCUT2D eigenvalue weighted by atomic mass is 9.96. The van der Waals surface area contributed by atoms with Gasteiger partial charge in [-0.25, -0.2) is 0 Å². The number of alkyl halides is 1. The van der Waals surface area contributed by atoms with Crippen LogP contribution in [-0.4, -0.2) is 18.3 Å². The Morgan fingerprint density at radius 3 is 2.72 bits per heavy atom. The van der Waals surface area contributed by atoms with Crippen molar-refractivity contribution in [1.82, 2.24) is 5.32 Å². The molecule has 0 spiro atoms. The molecule has 1 rings (SSSR count). The van der Waals surface area contributed by atoms with Crippen LogP contribution in [0.5, 0.6) is 0 Å². The van der Waals surface area contributed by atoms with Gasteiger partial charge in [-0.3, -0.25) is 4.79 Å². The largest absolute Gasteiger partial charge is 0.356 e. The van der Waals surface area contributed by atoms with Gasteiger partial charge in [0.1, 0.15) is 0 Å². The molecule has 1 N–H and O–H groups in total. The second-order valence-corrected chi connectivity index (χ2v) is 5.26. The topological polar surface area (TPSA) is 29.1 Å². The van der Waals surface area contributed by atoms with Crippen LogP contribution in [0.15, 0.2) is 18.2 Å².